The van der Waals surface area contributed by atoms with Crippen LogP contribution in [0.15, 0.2) is 0 Å². The van der Waals surface area contributed by atoms with Crippen molar-refractivity contribution < 1.29 is 9.47 Å². The summed E-state index contributed by atoms with van der Waals surface area (Å²) in [4.78, 5) is 0. The Morgan fingerprint density at radius 3 is 1.33 bits per heavy atom. The topological polar surface area (TPSA) is 18.5 Å². The maximum absolute atomic E-state index is 5.46. The average Bonchev–Trinajstić information content (AvgIpc) is 2.00. The molecule has 2 unspecified atom stereocenters. The Morgan fingerprint density at radius 1 is 0.733 bits per heavy atom. The molecule has 91 valence electrons. The molecule has 15 heavy (non-hydrogen) atoms. The Morgan fingerprint density at radius 2 is 1.07 bits per heavy atom. The van der Waals surface area contributed by atoms with Crippen LogP contribution in [0.2, 0.25) is 0 Å². The van der Waals surface area contributed by atoms with Crippen LogP contribution in [0.5, 0.6) is 0 Å². The van der Waals surface area contributed by atoms with Crippen LogP contribution in [-0.4, -0.2) is 12.2 Å². The van der Waals surface area contributed by atoms with Crippen molar-refractivity contribution in [3.63, 3.8) is 0 Å². The minimum absolute atomic E-state index is 0.247. The van der Waals surface area contributed by atoms with Crippen LogP contribution in [0.4, 0.5) is 0 Å². The first kappa shape index (κ1) is 14.9. The third kappa shape index (κ3) is 10.2. The SMILES string of the molecule is CC(C)CC(C)O[CH]OC(C)CC(C)C. The molecule has 0 aromatic rings. The zero-order chi connectivity index (χ0) is 11.8. The van der Waals surface area contributed by atoms with Crippen LogP contribution < -0.4 is 0 Å². The van der Waals surface area contributed by atoms with E-state index in [1.807, 2.05) is 0 Å². The van der Waals surface area contributed by atoms with Gasteiger partial charge in [-0.2, -0.15) is 0 Å². The van der Waals surface area contributed by atoms with Crippen molar-refractivity contribution in [1.82, 2.24) is 0 Å². The van der Waals surface area contributed by atoms with Gasteiger partial charge in [0.25, 0.3) is 0 Å². The van der Waals surface area contributed by atoms with Crippen molar-refractivity contribution in [3.05, 3.63) is 6.79 Å². The summed E-state index contributed by atoms with van der Waals surface area (Å²) in [7, 11) is 0. The van der Waals surface area contributed by atoms with Gasteiger partial charge in [-0.15, -0.1) is 0 Å². The predicted octanol–water partition coefficient (Wildman–Crippen LogP) is 4.01. The van der Waals surface area contributed by atoms with Crippen LogP contribution in [0.1, 0.15) is 54.4 Å². The van der Waals surface area contributed by atoms with Gasteiger partial charge in [-0.1, -0.05) is 27.7 Å². The smallest absolute Gasteiger partial charge is 0.209 e. The predicted molar refractivity (Wildman–Crippen MR) is 64.3 cm³/mol. The second kappa shape index (κ2) is 8.12. The molecular formula is C13H27O2. The molecule has 2 nitrogen and oxygen atoms in total. The molecule has 0 bridgehead atoms. The van der Waals surface area contributed by atoms with Crippen LogP contribution in [0, 0.1) is 18.6 Å². The summed E-state index contributed by atoms with van der Waals surface area (Å²) in [6.07, 6.45) is 2.63. The monoisotopic (exact) mass is 215 g/mol. The molecule has 0 saturated carbocycles. The molecule has 2 atom stereocenters. The van der Waals surface area contributed by atoms with E-state index in [2.05, 4.69) is 41.5 Å². The summed E-state index contributed by atoms with van der Waals surface area (Å²) >= 11 is 0. The molecule has 0 aromatic heterocycles. The maximum atomic E-state index is 5.46. The van der Waals surface area contributed by atoms with E-state index >= 15 is 0 Å². The summed E-state index contributed by atoms with van der Waals surface area (Å²) < 4.78 is 10.9. The Kier molecular flexibility index (Phi) is 8.07. The van der Waals surface area contributed by atoms with Gasteiger partial charge in [0.15, 0.2) is 0 Å². The third-order valence-corrected chi connectivity index (χ3v) is 2.18. The fourth-order valence-electron chi connectivity index (χ4n) is 1.66. The lowest BCUT2D eigenvalue weighted by Gasteiger charge is -2.18. The van der Waals surface area contributed by atoms with Crippen molar-refractivity contribution in [2.24, 2.45) is 11.8 Å². The van der Waals surface area contributed by atoms with E-state index in [0.29, 0.717) is 11.8 Å². The first-order chi connectivity index (χ1) is 6.91. The van der Waals surface area contributed by atoms with Crippen molar-refractivity contribution in [2.45, 2.75) is 66.6 Å². The number of hydrogen-bond donors (Lipinski definition) is 0. The highest BCUT2D eigenvalue weighted by Crippen LogP contribution is 2.12. The first-order valence-electron chi connectivity index (χ1n) is 6.04. The fourth-order valence-corrected chi connectivity index (χ4v) is 1.66. The standard InChI is InChI=1S/C13H27O2/c1-10(2)7-12(5)14-9-15-13(6)8-11(3)4/h9-13H,7-8H2,1-6H3. The van der Waals surface area contributed by atoms with Gasteiger partial charge >= 0.3 is 0 Å². The van der Waals surface area contributed by atoms with E-state index in [4.69, 9.17) is 9.47 Å². The number of rotatable bonds is 8. The van der Waals surface area contributed by atoms with Gasteiger partial charge in [0, 0.05) is 0 Å². The largest absolute Gasteiger partial charge is 0.345 e. The zero-order valence-corrected chi connectivity index (χ0v) is 11.1. The Balaban J connectivity index is 3.44. The highest BCUT2D eigenvalue weighted by atomic mass is 16.7. The van der Waals surface area contributed by atoms with E-state index < -0.39 is 0 Å². The van der Waals surface area contributed by atoms with Gasteiger partial charge in [-0.3, -0.25) is 0 Å². The van der Waals surface area contributed by atoms with Crippen molar-refractivity contribution in [3.8, 4) is 0 Å². The van der Waals surface area contributed by atoms with Gasteiger partial charge in [-0.05, 0) is 38.5 Å². The van der Waals surface area contributed by atoms with Gasteiger partial charge < -0.3 is 9.47 Å². The molecule has 2 heteroatoms. The van der Waals surface area contributed by atoms with E-state index in [-0.39, 0.29) is 12.2 Å². The number of hydrogen-bond acceptors (Lipinski definition) is 2. The van der Waals surface area contributed by atoms with E-state index in [0.717, 1.165) is 12.8 Å². The van der Waals surface area contributed by atoms with Crippen LogP contribution in [0.3, 0.4) is 0 Å². The third-order valence-electron chi connectivity index (χ3n) is 2.18. The summed E-state index contributed by atoms with van der Waals surface area (Å²) in [5, 5.41) is 0. The lowest BCUT2D eigenvalue weighted by molar-refractivity contribution is -0.0513. The molecule has 0 saturated heterocycles. The minimum Gasteiger partial charge on any atom is -0.345 e. The summed E-state index contributed by atoms with van der Waals surface area (Å²) in [5.41, 5.74) is 0. The summed E-state index contributed by atoms with van der Waals surface area (Å²) in [6.45, 7) is 14.5. The molecule has 0 aliphatic heterocycles. The normalized spacial score (nSPS) is 16.0. The highest BCUT2D eigenvalue weighted by molar-refractivity contribution is 4.57. The van der Waals surface area contributed by atoms with Crippen molar-refractivity contribution >= 4 is 0 Å². The molecule has 0 N–H and O–H groups in total. The van der Waals surface area contributed by atoms with Crippen LogP contribution in [-0.2, 0) is 9.47 Å². The average molecular weight is 215 g/mol. The summed E-state index contributed by atoms with van der Waals surface area (Å²) in [5.74, 6) is 1.34. The van der Waals surface area contributed by atoms with Gasteiger partial charge in [0.05, 0.1) is 12.2 Å². The molecule has 0 aromatic carbocycles. The minimum atomic E-state index is 0.247. The Labute approximate surface area is 95.3 Å². The van der Waals surface area contributed by atoms with E-state index in [1.165, 1.54) is 6.79 Å². The van der Waals surface area contributed by atoms with E-state index in [9.17, 15) is 0 Å². The maximum Gasteiger partial charge on any atom is 0.209 e. The van der Waals surface area contributed by atoms with E-state index in [1.54, 1.807) is 0 Å². The molecule has 0 fully saturated rings. The molecule has 0 amide bonds. The first-order valence-corrected chi connectivity index (χ1v) is 6.04. The second-order valence-electron chi connectivity index (χ2n) is 5.25. The highest BCUT2D eigenvalue weighted by Gasteiger charge is 2.08. The lowest BCUT2D eigenvalue weighted by Crippen LogP contribution is -2.15. The number of ether oxygens (including phenoxy) is 2. The Bertz CT molecular complexity index is 127. The Hall–Kier alpha value is -0.0800. The van der Waals surface area contributed by atoms with Gasteiger partial charge in [-0.25, -0.2) is 0 Å². The molecule has 1 radical (unpaired) electrons. The zero-order valence-electron chi connectivity index (χ0n) is 11.1. The quantitative estimate of drug-likeness (QED) is 0.609. The second-order valence-corrected chi connectivity index (χ2v) is 5.25. The van der Waals surface area contributed by atoms with Gasteiger partial charge in [0.2, 0.25) is 6.79 Å². The molecular weight excluding hydrogens is 188 g/mol. The molecule has 0 rings (SSSR count). The van der Waals surface area contributed by atoms with Crippen molar-refractivity contribution in [2.75, 3.05) is 0 Å². The molecule has 0 heterocycles. The van der Waals surface area contributed by atoms with Crippen molar-refractivity contribution in [1.29, 1.82) is 0 Å². The van der Waals surface area contributed by atoms with Gasteiger partial charge in [0.1, 0.15) is 0 Å². The molecule has 0 aliphatic rings. The molecule has 0 aliphatic carbocycles. The van der Waals surface area contributed by atoms with Crippen LogP contribution in [0.25, 0.3) is 0 Å². The fraction of sp³-hybridized carbons (Fsp3) is 0.923. The molecule has 0 spiro atoms. The van der Waals surface area contributed by atoms with Crippen LogP contribution >= 0.6 is 0 Å². The summed E-state index contributed by atoms with van der Waals surface area (Å²) in [6, 6.07) is 0. The lowest BCUT2D eigenvalue weighted by atomic mass is 10.1.